The van der Waals surface area contributed by atoms with E-state index < -0.39 is 23.7 Å². The lowest BCUT2D eigenvalue weighted by Crippen LogP contribution is -2.36. The fraction of sp³-hybridized carbons (Fsp3) is 0.368. The van der Waals surface area contributed by atoms with Crippen LogP contribution in [0.5, 0.6) is 5.75 Å². The molecular formula is C19H23NO7. The fourth-order valence-electron chi connectivity index (χ4n) is 2.37. The van der Waals surface area contributed by atoms with Crippen molar-refractivity contribution < 1.29 is 29.3 Å². The first kappa shape index (κ1) is 20.8. The van der Waals surface area contributed by atoms with Crippen molar-refractivity contribution in [1.82, 2.24) is 0 Å². The van der Waals surface area contributed by atoms with Gasteiger partial charge in [-0.15, -0.1) is 0 Å². The molecule has 146 valence electrons. The molecule has 0 radical (unpaired) electrons. The van der Waals surface area contributed by atoms with E-state index in [-0.39, 0.29) is 18.9 Å². The standard InChI is InChI=1S/C19H23NO7/c1-25-17-7-5-14(6-8-17)11-26-13-19(18(22)10-21)27-12-15-3-2-4-16(9-15)20(23)24/h2-9,18-19,21-22H,10-13H2,1H3/t18-,19+/m1/s1. The zero-order valence-corrected chi connectivity index (χ0v) is 15.0. The number of benzene rings is 2. The fourth-order valence-corrected chi connectivity index (χ4v) is 2.37. The van der Waals surface area contributed by atoms with Gasteiger partial charge in [-0.25, -0.2) is 0 Å². The molecule has 0 unspecified atom stereocenters. The Labute approximate surface area is 157 Å². The molecule has 2 rings (SSSR count). The van der Waals surface area contributed by atoms with Gasteiger partial charge in [0.05, 0.1) is 38.5 Å². The predicted octanol–water partition coefficient (Wildman–Crippen LogP) is 2.06. The van der Waals surface area contributed by atoms with Crippen molar-refractivity contribution in [3.8, 4) is 5.75 Å². The molecule has 0 fully saturated rings. The van der Waals surface area contributed by atoms with Gasteiger partial charge in [-0.3, -0.25) is 10.1 Å². The molecular weight excluding hydrogens is 354 g/mol. The molecule has 0 aromatic heterocycles. The summed E-state index contributed by atoms with van der Waals surface area (Å²) in [4.78, 5) is 10.3. The van der Waals surface area contributed by atoms with E-state index in [1.54, 1.807) is 19.2 Å². The summed E-state index contributed by atoms with van der Waals surface area (Å²) in [6, 6.07) is 13.4. The lowest BCUT2D eigenvalue weighted by molar-refractivity contribution is -0.385. The number of ether oxygens (including phenoxy) is 3. The van der Waals surface area contributed by atoms with Crippen LogP contribution < -0.4 is 4.74 Å². The van der Waals surface area contributed by atoms with Crippen LogP contribution in [0.25, 0.3) is 0 Å². The van der Waals surface area contributed by atoms with Crippen LogP contribution in [0.2, 0.25) is 0 Å². The number of non-ortho nitro benzene ring substituents is 1. The van der Waals surface area contributed by atoms with E-state index in [0.29, 0.717) is 12.2 Å². The zero-order valence-electron chi connectivity index (χ0n) is 15.0. The van der Waals surface area contributed by atoms with Crippen molar-refractivity contribution in [2.75, 3.05) is 20.3 Å². The summed E-state index contributed by atoms with van der Waals surface area (Å²) in [5.74, 6) is 0.743. The molecule has 8 nitrogen and oxygen atoms in total. The number of nitrogens with zero attached hydrogens (tertiary/aromatic N) is 1. The molecule has 0 aliphatic heterocycles. The molecule has 0 spiro atoms. The van der Waals surface area contributed by atoms with Gasteiger partial charge in [0, 0.05) is 12.1 Å². The van der Waals surface area contributed by atoms with Crippen LogP contribution in [0, 0.1) is 10.1 Å². The molecule has 2 N–H and O–H groups in total. The largest absolute Gasteiger partial charge is 0.497 e. The lowest BCUT2D eigenvalue weighted by atomic mass is 10.2. The van der Waals surface area contributed by atoms with Gasteiger partial charge >= 0.3 is 0 Å². The first-order valence-corrected chi connectivity index (χ1v) is 8.38. The zero-order chi connectivity index (χ0) is 19.6. The molecule has 0 heterocycles. The Bertz CT molecular complexity index is 720. The van der Waals surface area contributed by atoms with Crippen molar-refractivity contribution in [3.63, 3.8) is 0 Å². The van der Waals surface area contributed by atoms with Gasteiger partial charge in [-0.2, -0.15) is 0 Å². The average Bonchev–Trinajstić information content (AvgIpc) is 2.70. The number of aliphatic hydroxyl groups is 2. The van der Waals surface area contributed by atoms with Crippen LogP contribution in [0.1, 0.15) is 11.1 Å². The summed E-state index contributed by atoms with van der Waals surface area (Å²) in [6.07, 6.45) is -1.90. The Kier molecular flexibility index (Phi) is 8.15. The number of hydrogen-bond donors (Lipinski definition) is 2. The molecule has 2 aromatic carbocycles. The van der Waals surface area contributed by atoms with E-state index in [9.17, 15) is 20.3 Å². The number of hydrogen-bond acceptors (Lipinski definition) is 7. The smallest absolute Gasteiger partial charge is 0.269 e. The van der Waals surface area contributed by atoms with Crippen LogP contribution in [-0.4, -0.2) is 47.7 Å². The second-order valence-electron chi connectivity index (χ2n) is 5.89. The minimum absolute atomic E-state index is 0.0360. The van der Waals surface area contributed by atoms with Crippen molar-refractivity contribution in [3.05, 3.63) is 69.8 Å². The molecule has 0 aliphatic carbocycles. The third-order valence-corrected chi connectivity index (χ3v) is 3.91. The summed E-state index contributed by atoms with van der Waals surface area (Å²) in [7, 11) is 1.59. The highest BCUT2D eigenvalue weighted by molar-refractivity contribution is 5.33. The number of methoxy groups -OCH3 is 1. The van der Waals surface area contributed by atoms with E-state index in [0.717, 1.165) is 11.3 Å². The summed E-state index contributed by atoms with van der Waals surface area (Å²) >= 11 is 0. The van der Waals surface area contributed by atoms with Gasteiger partial charge in [0.15, 0.2) is 0 Å². The monoisotopic (exact) mass is 377 g/mol. The van der Waals surface area contributed by atoms with Gasteiger partial charge in [0.1, 0.15) is 18.0 Å². The second-order valence-corrected chi connectivity index (χ2v) is 5.89. The number of rotatable bonds is 11. The van der Waals surface area contributed by atoms with Crippen LogP contribution in [-0.2, 0) is 22.7 Å². The molecule has 0 saturated carbocycles. The minimum Gasteiger partial charge on any atom is -0.497 e. The van der Waals surface area contributed by atoms with Gasteiger partial charge in [0.2, 0.25) is 0 Å². The summed E-state index contributed by atoms with van der Waals surface area (Å²) in [5, 5.41) is 30.0. The molecule has 0 aliphatic rings. The third-order valence-electron chi connectivity index (χ3n) is 3.91. The maximum absolute atomic E-state index is 10.8. The lowest BCUT2D eigenvalue weighted by Gasteiger charge is -2.22. The topological polar surface area (TPSA) is 111 Å². The molecule has 0 amide bonds. The second kappa shape index (κ2) is 10.6. The Morgan fingerprint density at radius 2 is 1.85 bits per heavy atom. The Hall–Kier alpha value is -2.52. The van der Waals surface area contributed by atoms with Crippen LogP contribution in [0.15, 0.2) is 48.5 Å². The number of nitro groups is 1. The van der Waals surface area contributed by atoms with Crippen LogP contribution in [0.4, 0.5) is 5.69 Å². The molecule has 0 bridgehead atoms. The molecule has 0 saturated heterocycles. The minimum atomic E-state index is -1.13. The summed E-state index contributed by atoms with van der Waals surface area (Å²) in [6.45, 7) is -0.0672. The van der Waals surface area contributed by atoms with Crippen molar-refractivity contribution in [2.24, 2.45) is 0 Å². The molecule has 2 aromatic rings. The number of nitro benzene ring substituents is 1. The first-order valence-electron chi connectivity index (χ1n) is 8.38. The first-order chi connectivity index (χ1) is 13.0. The molecule has 27 heavy (non-hydrogen) atoms. The van der Waals surface area contributed by atoms with Gasteiger partial charge in [-0.05, 0) is 23.3 Å². The van der Waals surface area contributed by atoms with E-state index in [4.69, 9.17) is 14.2 Å². The van der Waals surface area contributed by atoms with Crippen molar-refractivity contribution in [2.45, 2.75) is 25.4 Å². The van der Waals surface area contributed by atoms with E-state index in [1.165, 1.54) is 12.1 Å². The summed E-state index contributed by atoms with van der Waals surface area (Å²) < 4.78 is 16.3. The Morgan fingerprint density at radius 1 is 1.11 bits per heavy atom. The van der Waals surface area contributed by atoms with E-state index in [2.05, 4.69) is 0 Å². The van der Waals surface area contributed by atoms with E-state index in [1.807, 2.05) is 24.3 Å². The van der Waals surface area contributed by atoms with E-state index >= 15 is 0 Å². The highest BCUT2D eigenvalue weighted by Gasteiger charge is 2.20. The quantitative estimate of drug-likeness (QED) is 0.455. The Balaban J connectivity index is 1.88. The maximum atomic E-state index is 10.8. The Morgan fingerprint density at radius 3 is 2.48 bits per heavy atom. The third kappa shape index (κ3) is 6.61. The van der Waals surface area contributed by atoms with Crippen LogP contribution >= 0.6 is 0 Å². The van der Waals surface area contributed by atoms with Crippen molar-refractivity contribution >= 4 is 5.69 Å². The molecule has 8 heteroatoms. The summed E-state index contributed by atoms with van der Waals surface area (Å²) in [5.41, 5.74) is 1.48. The SMILES string of the molecule is COc1ccc(COC[C@H](OCc2cccc([N+](=O)[O-])c2)[C@H](O)CO)cc1. The average molecular weight is 377 g/mol. The van der Waals surface area contributed by atoms with Gasteiger partial charge < -0.3 is 24.4 Å². The van der Waals surface area contributed by atoms with Gasteiger partial charge in [-0.1, -0.05) is 24.3 Å². The predicted molar refractivity (Wildman–Crippen MR) is 97.4 cm³/mol. The molecule has 2 atom stereocenters. The van der Waals surface area contributed by atoms with Crippen molar-refractivity contribution in [1.29, 1.82) is 0 Å². The normalized spacial score (nSPS) is 13.1. The van der Waals surface area contributed by atoms with Crippen LogP contribution in [0.3, 0.4) is 0 Å². The highest BCUT2D eigenvalue weighted by atomic mass is 16.6. The van der Waals surface area contributed by atoms with Gasteiger partial charge in [0.25, 0.3) is 5.69 Å². The number of aliphatic hydroxyl groups excluding tert-OH is 2. The highest BCUT2D eigenvalue weighted by Crippen LogP contribution is 2.16. The maximum Gasteiger partial charge on any atom is 0.269 e.